The minimum absolute atomic E-state index is 0.0360. The van der Waals surface area contributed by atoms with Crippen molar-refractivity contribution in [2.75, 3.05) is 29.4 Å². The molecule has 29 heavy (non-hydrogen) atoms. The van der Waals surface area contributed by atoms with Gasteiger partial charge in [-0.05, 0) is 36.7 Å². The summed E-state index contributed by atoms with van der Waals surface area (Å²) in [6.45, 7) is 3.99. The van der Waals surface area contributed by atoms with E-state index in [1.807, 2.05) is 6.92 Å². The summed E-state index contributed by atoms with van der Waals surface area (Å²) in [4.78, 5) is 21.0. The maximum atomic E-state index is 13.6. The van der Waals surface area contributed by atoms with Crippen molar-refractivity contribution in [1.29, 1.82) is 0 Å². The lowest BCUT2D eigenvalue weighted by Crippen LogP contribution is -2.52. The van der Waals surface area contributed by atoms with E-state index in [1.165, 1.54) is 6.07 Å². The number of halogens is 4. The minimum Gasteiger partial charge on any atom is -0.350 e. The molecule has 0 bridgehead atoms. The van der Waals surface area contributed by atoms with Crippen LogP contribution in [0, 0.1) is 11.6 Å². The number of benzene rings is 1. The van der Waals surface area contributed by atoms with E-state index in [2.05, 4.69) is 29.7 Å². The Morgan fingerprint density at radius 1 is 1.00 bits per heavy atom. The Morgan fingerprint density at radius 2 is 1.79 bits per heavy atom. The Kier molecular flexibility index (Phi) is 5.47. The molecular weight excluding hydrogens is 421 g/mol. The van der Waals surface area contributed by atoms with Gasteiger partial charge in [-0.15, -0.1) is 0 Å². The van der Waals surface area contributed by atoms with Crippen LogP contribution in [0.2, 0.25) is 10.4 Å². The van der Waals surface area contributed by atoms with Crippen molar-refractivity contribution in [2.45, 2.75) is 13.0 Å². The number of anilines is 2. The molecule has 0 radical (unpaired) electrons. The first-order valence-electron chi connectivity index (χ1n) is 8.90. The molecule has 0 N–H and O–H groups in total. The van der Waals surface area contributed by atoms with Gasteiger partial charge in [0.15, 0.2) is 22.6 Å². The molecule has 4 rings (SSSR count). The highest BCUT2D eigenvalue weighted by Gasteiger charge is 2.27. The highest BCUT2D eigenvalue weighted by molar-refractivity contribution is 6.31. The molecule has 10 heteroatoms. The molecule has 3 heterocycles. The largest absolute Gasteiger partial charge is 0.350 e. The van der Waals surface area contributed by atoms with Crippen molar-refractivity contribution in [1.82, 2.24) is 19.9 Å². The van der Waals surface area contributed by atoms with Gasteiger partial charge < -0.3 is 9.80 Å². The van der Waals surface area contributed by atoms with E-state index in [0.29, 0.717) is 47.7 Å². The molecule has 1 atom stereocenters. The smallest absolute Gasteiger partial charge is 0.224 e. The zero-order chi connectivity index (χ0) is 20.5. The second-order valence-corrected chi connectivity index (χ2v) is 7.36. The third-order valence-electron chi connectivity index (χ3n) is 4.76. The van der Waals surface area contributed by atoms with E-state index >= 15 is 0 Å². The van der Waals surface area contributed by atoms with Gasteiger partial charge in [0.2, 0.25) is 5.28 Å². The summed E-state index contributed by atoms with van der Waals surface area (Å²) in [5.74, 6) is -0.603. The SMILES string of the molecule is CC1CN(c2nccnc2Cl)CCN1c1cc(-c2ccc(F)c(F)c2)nc(Cl)n1. The quantitative estimate of drug-likeness (QED) is 0.572. The third-order valence-corrected chi connectivity index (χ3v) is 5.19. The second-order valence-electron chi connectivity index (χ2n) is 6.67. The number of piperazine rings is 1. The first kappa shape index (κ1) is 19.7. The number of aromatic nitrogens is 4. The van der Waals surface area contributed by atoms with Crippen LogP contribution in [0.4, 0.5) is 20.4 Å². The molecule has 1 fully saturated rings. The fourth-order valence-electron chi connectivity index (χ4n) is 3.37. The van der Waals surface area contributed by atoms with Crippen molar-refractivity contribution < 1.29 is 8.78 Å². The third kappa shape index (κ3) is 4.09. The highest BCUT2D eigenvalue weighted by Crippen LogP contribution is 2.29. The summed E-state index contributed by atoms with van der Waals surface area (Å²) in [6, 6.07) is 5.39. The van der Waals surface area contributed by atoms with Crippen LogP contribution in [0.3, 0.4) is 0 Å². The van der Waals surface area contributed by atoms with E-state index in [-0.39, 0.29) is 11.3 Å². The van der Waals surface area contributed by atoms with Crippen LogP contribution in [-0.4, -0.2) is 45.6 Å². The van der Waals surface area contributed by atoms with Crippen LogP contribution in [-0.2, 0) is 0 Å². The van der Waals surface area contributed by atoms with E-state index < -0.39 is 11.6 Å². The summed E-state index contributed by atoms with van der Waals surface area (Å²) in [6.07, 6.45) is 3.16. The number of nitrogens with zero attached hydrogens (tertiary/aromatic N) is 6. The maximum absolute atomic E-state index is 13.6. The van der Waals surface area contributed by atoms with Gasteiger partial charge in [-0.2, -0.15) is 0 Å². The zero-order valence-electron chi connectivity index (χ0n) is 15.4. The molecule has 0 spiro atoms. The van der Waals surface area contributed by atoms with Gasteiger partial charge in [-0.25, -0.2) is 28.7 Å². The summed E-state index contributed by atoms with van der Waals surface area (Å²) < 4.78 is 26.9. The van der Waals surface area contributed by atoms with Crippen LogP contribution in [0.5, 0.6) is 0 Å². The summed E-state index contributed by atoms with van der Waals surface area (Å²) in [5, 5.41) is 0.396. The van der Waals surface area contributed by atoms with Gasteiger partial charge in [0.25, 0.3) is 0 Å². The molecule has 6 nitrogen and oxygen atoms in total. The summed E-state index contributed by atoms with van der Waals surface area (Å²) in [5.41, 5.74) is 0.845. The van der Waals surface area contributed by atoms with Crippen LogP contribution in [0.15, 0.2) is 36.7 Å². The first-order valence-corrected chi connectivity index (χ1v) is 9.66. The Morgan fingerprint density at radius 3 is 2.52 bits per heavy atom. The van der Waals surface area contributed by atoms with Crippen molar-refractivity contribution in [3.05, 3.63) is 58.7 Å². The molecule has 1 saturated heterocycles. The van der Waals surface area contributed by atoms with Crippen LogP contribution in [0.25, 0.3) is 11.3 Å². The monoisotopic (exact) mass is 436 g/mol. The van der Waals surface area contributed by atoms with Crippen molar-refractivity contribution in [3.63, 3.8) is 0 Å². The predicted octanol–water partition coefficient (Wildman–Crippen LogP) is 4.23. The Bertz CT molecular complexity index is 1050. The average molecular weight is 437 g/mol. The van der Waals surface area contributed by atoms with Gasteiger partial charge in [0.05, 0.1) is 5.69 Å². The minimum atomic E-state index is -0.943. The predicted molar refractivity (Wildman–Crippen MR) is 108 cm³/mol. The van der Waals surface area contributed by atoms with Crippen LogP contribution >= 0.6 is 23.2 Å². The molecule has 2 aromatic heterocycles. The summed E-state index contributed by atoms with van der Waals surface area (Å²) >= 11 is 12.3. The number of hydrogen-bond acceptors (Lipinski definition) is 6. The van der Waals surface area contributed by atoms with E-state index in [4.69, 9.17) is 23.2 Å². The van der Waals surface area contributed by atoms with E-state index in [0.717, 1.165) is 12.1 Å². The molecule has 0 saturated carbocycles. The Balaban J connectivity index is 1.60. The highest BCUT2D eigenvalue weighted by atomic mass is 35.5. The Labute approximate surface area is 176 Å². The fraction of sp³-hybridized carbons (Fsp3) is 0.263. The molecule has 1 aliphatic heterocycles. The normalized spacial score (nSPS) is 16.9. The zero-order valence-corrected chi connectivity index (χ0v) is 16.9. The molecular formula is C19H16Cl2F2N6. The molecule has 1 aromatic carbocycles. The topological polar surface area (TPSA) is 58.0 Å². The van der Waals surface area contributed by atoms with Gasteiger partial charge in [0, 0.05) is 49.7 Å². The van der Waals surface area contributed by atoms with Gasteiger partial charge in [0.1, 0.15) is 5.82 Å². The van der Waals surface area contributed by atoms with Gasteiger partial charge >= 0.3 is 0 Å². The average Bonchev–Trinajstić information content (AvgIpc) is 2.70. The standard InChI is InChI=1S/C19H16Cl2F2N6/c1-11-10-28(18-17(20)24-4-5-25-18)6-7-29(11)16-9-15(26-19(21)27-16)12-2-3-13(22)14(23)8-12/h2-5,8-9,11H,6-7,10H2,1H3. The van der Waals surface area contributed by atoms with Crippen LogP contribution < -0.4 is 9.80 Å². The molecule has 3 aromatic rings. The van der Waals surface area contributed by atoms with Crippen molar-refractivity contribution in [3.8, 4) is 11.3 Å². The molecule has 150 valence electrons. The second kappa shape index (κ2) is 8.04. The van der Waals surface area contributed by atoms with Crippen molar-refractivity contribution >= 4 is 34.8 Å². The summed E-state index contributed by atoms with van der Waals surface area (Å²) in [7, 11) is 0. The van der Waals surface area contributed by atoms with E-state index in [1.54, 1.807) is 18.5 Å². The molecule has 0 aliphatic carbocycles. The molecule has 0 amide bonds. The van der Waals surface area contributed by atoms with Crippen molar-refractivity contribution in [2.24, 2.45) is 0 Å². The van der Waals surface area contributed by atoms with Gasteiger partial charge in [-0.3, -0.25) is 0 Å². The van der Waals surface area contributed by atoms with Crippen LogP contribution in [0.1, 0.15) is 6.92 Å². The van der Waals surface area contributed by atoms with Gasteiger partial charge in [-0.1, -0.05) is 11.6 Å². The Hall–Kier alpha value is -2.58. The van der Waals surface area contributed by atoms with E-state index in [9.17, 15) is 8.78 Å². The lowest BCUT2D eigenvalue weighted by molar-refractivity contribution is 0.509. The lowest BCUT2D eigenvalue weighted by atomic mass is 10.1. The number of rotatable bonds is 3. The first-order chi connectivity index (χ1) is 13.9. The molecule has 1 aliphatic rings. The maximum Gasteiger partial charge on any atom is 0.224 e. The molecule has 1 unspecified atom stereocenters. The number of hydrogen-bond donors (Lipinski definition) is 0. The lowest BCUT2D eigenvalue weighted by Gasteiger charge is -2.41. The fourth-order valence-corrected chi connectivity index (χ4v) is 3.77.